The van der Waals surface area contributed by atoms with Crippen molar-refractivity contribution in [1.82, 2.24) is 9.55 Å². The molecule has 8 aromatic carbocycles. The van der Waals surface area contributed by atoms with Crippen molar-refractivity contribution in [2.45, 2.75) is 0 Å². The smallest absolute Gasteiger partial charge is 0.227 e. The molecule has 2 heterocycles. The highest BCUT2D eigenvalue weighted by atomic mass is 16.3. The molecule has 2 aromatic heterocycles. The first-order valence-electron chi connectivity index (χ1n) is 17.2. The highest BCUT2D eigenvalue weighted by Gasteiger charge is 2.19. The fourth-order valence-corrected chi connectivity index (χ4v) is 7.42. The van der Waals surface area contributed by atoms with Crippen molar-refractivity contribution in [3.8, 4) is 28.3 Å². The van der Waals surface area contributed by atoms with Gasteiger partial charge in [0.2, 0.25) is 5.89 Å². The second kappa shape index (κ2) is 11.9. The number of fused-ring (bicyclic) bond motifs is 5. The standard InChI is InChI=1S/C47H31N3O/c1-3-14-35(15-4-1)49(37-25-22-33(23-26-37)47-48-43-20-9-10-21-46(43)51-47)38-27-29-45-42(31-38)41-30-34(40-19-11-13-32-12-7-8-18-39(32)40)24-28-44(41)50(45)36-16-5-2-6-17-36/h1-31H. The number of para-hydroxylation sites is 4. The second-order valence-electron chi connectivity index (χ2n) is 12.8. The average molecular weight is 654 g/mol. The van der Waals surface area contributed by atoms with E-state index in [0.717, 1.165) is 44.9 Å². The van der Waals surface area contributed by atoms with E-state index in [1.807, 2.05) is 24.3 Å². The quantitative estimate of drug-likeness (QED) is 0.179. The van der Waals surface area contributed by atoms with Crippen LogP contribution in [0.5, 0.6) is 0 Å². The van der Waals surface area contributed by atoms with Crippen LogP contribution in [0.25, 0.3) is 71.9 Å². The molecule has 0 unspecified atom stereocenters. The molecule has 0 aliphatic heterocycles. The van der Waals surface area contributed by atoms with Crippen LogP contribution in [0.4, 0.5) is 17.1 Å². The molecule has 51 heavy (non-hydrogen) atoms. The van der Waals surface area contributed by atoms with Gasteiger partial charge < -0.3 is 13.9 Å². The fourth-order valence-electron chi connectivity index (χ4n) is 7.42. The maximum atomic E-state index is 6.09. The second-order valence-corrected chi connectivity index (χ2v) is 12.8. The monoisotopic (exact) mass is 653 g/mol. The van der Waals surface area contributed by atoms with Crippen LogP contribution in [0, 0.1) is 0 Å². The number of oxazole rings is 1. The summed E-state index contributed by atoms with van der Waals surface area (Å²) in [6.45, 7) is 0. The maximum Gasteiger partial charge on any atom is 0.227 e. The van der Waals surface area contributed by atoms with Crippen molar-refractivity contribution in [3.05, 3.63) is 188 Å². The van der Waals surface area contributed by atoms with Crippen LogP contribution in [-0.2, 0) is 0 Å². The molecule has 0 N–H and O–H groups in total. The molecule has 0 amide bonds. The molecule has 0 saturated heterocycles. The Morgan fingerprint density at radius 1 is 0.451 bits per heavy atom. The Balaban J connectivity index is 1.16. The highest BCUT2D eigenvalue weighted by Crippen LogP contribution is 2.41. The largest absolute Gasteiger partial charge is 0.436 e. The van der Waals surface area contributed by atoms with E-state index in [2.05, 4.69) is 173 Å². The first-order valence-corrected chi connectivity index (χ1v) is 17.2. The summed E-state index contributed by atoms with van der Waals surface area (Å²) in [6.07, 6.45) is 0. The first-order chi connectivity index (χ1) is 25.3. The molecule has 0 radical (unpaired) electrons. The summed E-state index contributed by atoms with van der Waals surface area (Å²) in [6, 6.07) is 66.5. The number of benzene rings is 8. The summed E-state index contributed by atoms with van der Waals surface area (Å²) in [5.74, 6) is 0.617. The van der Waals surface area contributed by atoms with Crippen LogP contribution in [-0.4, -0.2) is 9.55 Å². The molecule has 10 rings (SSSR count). The van der Waals surface area contributed by atoms with Gasteiger partial charge in [-0.1, -0.05) is 97.1 Å². The lowest BCUT2D eigenvalue weighted by molar-refractivity contribution is 0.620. The SMILES string of the molecule is c1ccc(N(c2ccc(-c3nc4ccccc4o3)cc2)c2ccc3c(c2)c2cc(-c4cccc5ccccc45)ccc2n3-c2ccccc2)cc1. The number of aromatic nitrogens is 2. The van der Waals surface area contributed by atoms with Crippen LogP contribution in [0.2, 0.25) is 0 Å². The molecule has 240 valence electrons. The minimum atomic E-state index is 0.617. The zero-order valence-electron chi connectivity index (χ0n) is 27.6. The summed E-state index contributed by atoms with van der Waals surface area (Å²) >= 11 is 0. The van der Waals surface area contributed by atoms with Gasteiger partial charge in [0.1, 0.15) is 5.52 Å². The van der Waals surface area contributed by atoms with Gasteiger partial charge in [-0.15, -0.1) is 0 Å². The van der Waals surface area contributed by atoms with Crippen LogP contribution in [0.3, 0.4) is 0 Å². The molecular formula is C47H31N3O. The summed E-state index contributed by atoms with van der Waals surface area (Å²) < 4.78 is 8.47. The number of hydrogen-bond acceptors (Lipinski definition) is 3. The van der Waals surface area contributed by atoms with Gasteiger partial charge in [0.25, 0.3) is 0 Å². The number of rotatable bonds is 6. The normalized spacial score (nSPS) is 11.5. The van der Waals surface area contributed by atoms with E-state index in [1.54, 1.807) is 0 Å². The third-order valence-electron chi connectivity index (χ3n) is 9.80. The third kappa shape index (κ3) is 4.96. The topological polar surface area (TPSA) is 34.2 Å². The van der Waals surface area contributed by atoms with Gasteiger partial charge in [-0.3, -0.25) is 0 Å². The predicted octanol–water partition coefficient (Wildman–Crippen LogP) is 12.9. The van der Waals surface area contributed by atoms with Crippen molar-refractivity contribution in [2.24, 2.45) is 0 Å². The van der Waals surface area contributed by atoms with Crippen LogP contribution < -0.4 is 4.90 Å². The van der Waals surface area contributed by atoms with Crippen LogP contribution >= 0.6 is 0 Å². The van der Waals surface area contributed by atoms with Crippen molar-refractivity contribution < 1.29 is 4.42 Å². The first kappa shape index (κ1) is 29.0. The van der Waals surface area contributed by atoms with E-state index < -0.39 is 0 Å². The van der Waals surface area contributed by atoms with Crippen molar-refractivity contribution in [2.75, 3.05) is 4.90 Å². The zero-order chi connectivity index (χ0) is 33.7. The maximum absolute atomic E-state index is 6.09. The number of anilines is 3. The minimum absolute atomic E-state index is 0.617. The molecule has 4 heteroatoms. The number of hydrogen-bond donors (Lipinski definition) is 0. The molecule has 0 aliphatic rings. The van der Waals surface area contributed by atoms with Gasteiger partial charge in [-0.25, -0.2) is 4.98 Å². The average Bonchev–Trinajstić information content (AvgIpc) is 3.78. The zero-order valence-corrected chi connectivity index (χ0v) is 27.6. The molecule has 10 aromatic rings. The van der Waals surface area contributed by atoms with Crippen LogP contribution in [0.15, 0.2) is 192 Å². The fraction of sp³-hybridized carbons (Fsp3) is 0. The van der Waals surface area contributed by atoms with E-state index in [4.69, 9.17) is 9.40 Å². The Kier molecular flexibility index (Phi) is 6.78. The minimum Gasteiger partial charge on any atom is -0.436 e. The van der Waals surface area contributed by atoms with E-state index >= 15 is 0 Å². The summed E-state index contributed by atoms with van der Waals surface area (Å²) in [5, 5.41) is 4.89. The van der Waals surface area contributed by atoms with Crippen LogP contribution in [0.1, 0.15) is 0 Å². The van der Waals surface area contributed by atoms with E-state index in [9.17, 15) is 0 Å². The Morgan fingerprint density at radius 2 is 1.08 bits per heavy atom. The lowest BCUT2D eigenvalue weighted by Crippen LogP contribution is -2.09. The summed E-state index contributed by atoms with van der Waals surface area (Å²) in [7, 11) is 0. The van der Waals surface area contributed by atoms with Crippen molar-refractivity contribution in [1.29, 1.82) is 0 Å². The lowest BCUT2D eigenvalue weighted by Gasteiger charge is -2.25. The number of nitrogens with zero attached hydrogens (tertiary/aromatic N) is 3. The molecule has 0 aliphatic carbocycles. The van der Waals surface area contributed by atoms with Gasteiger partial charge >= 0.3 is 0 Å². The lowest BCUT2D eigenvalue weighted by atomic mass is 9.97. The van der Waals surface area contributed by atoms with E-state index in [0.29, 0.717) is 5.89 Å². The van der Waals surface area contributed by atoms with Gasteiger partial charge in [0, 0.05) is 39.1 Å². The molecule has 0 fully saturated rings. The Hall–Kier alpha value is -6.91. The molecule has 0 atom stereocenters. The van der Waals surface area contributed by atoms with Gasteiger partial charge in [0.05, 0.1) is 11.0 Å². The van der Waals surface area contributed by atoms with Gasteiger partial charge in [0.15, 0.2) is 5.58 Å². The van der Waals surface area contributed by atoms with E-state index in [-0.39, 0.29) is 0 Å². The predicted molar refractivity (Wildman–Crippen MR) is 211 cm³/mol. The summed E-state index contributed by atoms with van der Waals surface area (Å²) in [4.78, 5) is 7.04. The summed E-state index contributed by atoms with van der Waals surface area (Å²) in [5.41, 5.74) is 11.7. The molecule has 0 saturated carbocycles. The van der Waals surface area contributed by atoms with Crippen molar-refractivity contribution in [3.63, 3.8) is 0 Å². The highest BCUT2D eigenvalue weighted by molar-refractivity contribution is 6.12. The van der Waals surface area contributed by atoms with Crippen molar-refractivity contribution >= 4 is 60.7 Å². The van der Waals surface area contributed by atoms with E-state index in [1.165, 1.54) is 38.2 Å². The Morgan fingerprint density at radius 3 is 1.90 bits per heavy atom. The Bertz CT molecular complexity index is 2810. The molecule has 0 bridgehead atoms. The third-order valence-corrected chi connectivity index (χ3v) is 9.80. The molecular weight excluding hydrogens is 623 g/mol. The molecule has 4 nitrogen and oxygen atoms in total. The molecule has 0 spiro atoms. The van der Waals surface area contributed by atoms with Gasteiger partial charge in [-0.2, -0.15) is 0 Å². The van der Waals surface area contributed by atoms with Gasteiger partial charge in [-0.05, 0) is 113 Å². The Labute approximate surface area is 295 Å².